The Morgan fingerprint density at radius 1 is 1.35 bits per heavy atom. The van der Waals surface area contributed by atoms with E-state index in [0.29, 0.717) is 13.0 Å². The van der Waals surface area contributed by atoms with Crippen molar-refractivity contribution >= 4 is 12.0 Å². The molecule has 0 spiro atoms. The lowest BCUT2D eigenvalue weighted by Crippen LogP contribution is -2.56. The third kappa shape index (κ3) is 4.03. The van der Waals surface area contributed by atoms with Crippen molar-refractivity contribution in [3.63, 3.8) is 0 Å². The summed E-state index contributed by atoms with van der Waals surface area (Å²) in [5, 5.41) is 2.98. The summed E-state index contributed by atoms with van der Waals surface area (Å²) in [5.74, 6) is -0.0963. The Morgan fingerprint density at radius 3 is 2.70 bits per heavy atom. The van der Waals surface area contributed by atoms with Crippen molar-refractivity contribution < 1.29 is 14.3 Å². The first kappa shape index (κ1) is 17.3. The lowest BCUT2D eigenvalue weighted by molar-refractivity contribution is -0.131. The molecule has 1 aromatic carbocycles. The van der Waals surface area contributed by atoms with Crippen LogP contribution in [0.5, 0.6) is 0 Å². The fraction of sp³-hybridized carbons (Fsp3) is 0.556. The molecule has 2 amide bonds. The number of ether oxygens (including phenoxy) is 1. The number of likely N-dealkylation sites (tertiary alicyclic amines) is 1. The molecule has 0 saturated carbocycles. The summed E-state index contributed by atoms with van der Waals surface area (Å²) in [6.07, 6.45) is 1.91. The van der Waals surface area contributed by atoms with Crippen molar-refractivity contribution in [2.24, 2.45) is 0 Å². The van der Waals surface area contributed by atoms with Crippen molar-refractivity contribution in [3.8, 4) is 0 Å². The molecule has 0 bridgehead atoms. The number of nitrogens with zero attached hydrogens (tertiary/aromatic N) is 1. The van der Waals surface area contributed by atoms with Crippen LogP contribution in [-0.2, 0) is 16.1 Å². The van der Waals surface area contributed by atoms with Gasteiger partial charge in [-0.3, -0.25) is 9.69 Å². The molecular formula is C18H26N2O3. The van der Waals surface area contributed by atoms with Crippen LogP contribution in [0.2, 0.25) is 0 Å². The molecule has 23 heavy (non-hydrogen) atoms. The van der Waals surface area contributed by atoms with Crippen molar-refractivity contribution in [3.05, 3.63) is 35.9 Å². The van der Waals surface area contributed by atoms with E-state index in [-0.39, 0.29) is 18.6 Å². The van der Waals surface area contributed by atoms with Crippen LogP contribution in [0.15, 0.2) is 30.3 Å². The van der Waals surface area contributed by atoms with Crippen LogP contribution < -0.4 is 5.32 Å². The van der Waals surface area contributed by atoms with Gasteiger partial charge >= 0.3 is 6.09 Å². The predicted molar refractivity (Wildman–Crippen MR) is 88.9 cm³/mol. The number of rotatable bonds is 5. The molecule has 5 heteroatoms. The normalized spacial score (nSPS) is 21.8. The van der Waals surface area contributed by atoms with Gasteiger partial charge in [0, 0.05) is 12.6 Å². The number of carbonyl (C=O) groups is 2. The van der Waals surface area contributed by atoms with Crippen LogP contribution >= 0.6 is 0 Å². The average molecular weight is 318 g/mol. The van der Waals surface area contributed by atoms with Crippen LogP contribution in [0.25, 0.3) is 0 Å². The lowest BCUT2D eigenvalue weighted by atomic mass is 9.97. The largest absolute Gasteiger partial charge is 0.445 e. The van der Waals surface area contributed by atoms with Crippen LogP contribution in [0.3, 0.4) is 0 Å². The third-order valence-electron chi connectivity index (χ3n) is 4.55. The summed E-state index contributed by atoms with van der Waals surface area (Å²) in [5.41, 5.74) is 0.114. The molecule has 1 aliphatic rings. The first-order valence-electron chi connectivity index (χ1n) is 8.26. The fourth-order valence-electron chi connectivity index (χ4n) is 2.77. The molecule has 2 atom stereocenters. The Kier molecular flexibility index (Phi) is 5.64. The molecule has 0 aromatic heterocycles. The summed E-state index contributed by atoms with van der Waals surface area (Å²) in [6, 6.07) is 9.65. The quantitative estimate of drug-likeness (QED) is 0.907. The van der Waals surface area contributed by atoms with E-state index in [1.807, 2.05) is 51.1 Å². The van der Waals surface area contributed by atoms with E-state index >= 15 is 0 Å². The molecule has 1 heterocycles. The summed E-state index contributed by atoms with van der Waals surface area (Å²) < 4.78 is 5.40. The van der Waals surface area contributed by atoms with Gasteiger partial charge in [0.2, 0.25) is 5.91 Å². The van der Waals surface area contributed by atoms with E-state index in [1.165, 1.54) is 0 Å². The van der Waals surface area contributed by atoms with Crippen molar-refractivity contribution in [2.45, 2.75) is 58.2 Å². The van der Waals surface area contributed by atoms with Gasteiger partial charge in [-0.1, -0.05) is 37.3 Å². The van der Waals surface area contributed by atoms with Crippen molar-refractivity contribution in [1.29, 1.82) is 0 Å². The molecule has 0 radical (unpaired) electrons. The van der Waals surface area contributed by atoms with Gasteiger partial charge < -0.3 is 10.1 Å². The van der Waals surface area contributed by atoms with Gasteiger partial charge in [0.25, 0.3) is 0 Å². The van der Waals surface area contributed by atoms with Crippen molar-refractivity contribution in [2.75, 3.05) is 6.54 Å². The second kappa shape index (κ2) is 7.49. The molecule has 1 fully saturated rings. The van der Waals surface area contributed by atoms with Crippen LogP contribution in [0.1, 0.15) is 45.6 Å². The minimum Gasteiger partial charge on any atom is -0.445 e. The standard InChI is InChI=1S/C18H26N2O3/c1-4-14(2)19-16(21)18(3)11-8-12-20(18)17(22)23-13-15-9-6-5-7-10-15/h5-7,9-10,14H,4,8,11-13H2,1-3H3,(H,19,21). The maximum atomic E-state index is 12.6. The van der Waals surface area contributed by atoms with Crippen LogP contribution in [0, 0.1) is 0 Å². The zero-order valence-corrected chi connectivity index (χ0v) is 14.2. The fourth-order valence-corrected chi connectivity index (χ4v) is 2.77. The zero-order chi connectivity index (χ0) is 16.9. The Hall–Kier alpha value is -2.04. The molecule has 1 aromatic rings. The number of hydrogen-bond donors (Lipinski definition) is 1. The molecule has 1 N–H and O–H groups in total. The Bertz CT molecular complexity index is 546. The molecule has 1 aliphatic heterocycles. The van der Waals surface area contributed by atoms with Gasteiger partial charge in [-0.25, -0.2) is 4.79 Å². The SMILES string of the molecule is CCC(C)NC(=O)C1(C)CCCN1C(=O)OCc1ccccc1. The number of carbonyl (C=O) groups excluding carboxylic acids is 2. The van der Waals surface area contributed by atoms with Crippen LogP contribution in [-0.4, -0.2) is 35.0 Å². The maximum Gasteiger partial charge on any atom is 0.410 e. The van der Waals surface area contributed by atoms with Gasteiger partial charge in [0.15, 0.2) is 0 Å². The summed E-state index contributed by atoms with van der Waals surface area (Å²) in [6.45, 7) is 6.58. The van der Waals surface area contributed by atoms with Gasteiger partial charge in [0.05, 0.1) is 0 Å². The highest BCUT2D eigenvalue weighted by Gasteiger charge is 2.46. The molecule has 126 valence electrons. The zero-order valence-electron chi connectivity index (χ0n) is 14.2. The number of hydrogen-bond acceptors (Lipinski definition) is 3. The van der Waals surface area contributed by atoms with E-state index in [0.717, 1.165) is 18.4 Å². The van der Waals surface area contributed by atoms with E-state index < -0.39 is 11.6 Å². The highest BCUT2D eigenvalue weighted by atomic mass is 16.6. The lowest BCUT2D eigenvalue weighted by Gasteiger charge is -2.34. The molecule has 0 aliphatic carbocycles. The number of benzene rings is 1. The smallest absolute Gasteiger partial charge is 0.410 e. The molecule has 2 unspecified atom stereocenters. The average Bonchev–Trinajstić information content (AvgIpc) is 2.96. The Morgan fingerprint density at radius 2 is 2.04 bits per heavy atom. The van der Waals surface area contributed by atoms with Gasteiger partial charge in [-0.05, 0) is 38.7 Å². The highest BCUT2D eigenvalue weighted by Crippen LogP contribution is 2.30. The van der Waals surface area contributed by atoms with Crippen molar-refractivity contribution in [1.82, 2.24) is 10.2 Å². The number of amides is 2. The number of nitrogens with one attached hydrogen (secondary N) is 1. The van der Waals surface area contributed by atoms with E-state index in [1.54, 1.807) is 4.90 Å². The summed E-state index contributed by atoms with van der Waals surface area (Å²) in [4.78, 5) is 26.5. The third-order valence-corrected chi connectivity index (χ3v) is 4.55. The predicted octanol–water partition coefficient (Wildman–Crippen LogP) is 3.09. The molecule has 2 rings (SSSR count). The minimum absolute atomic E-state index is 0.0963. The first-order chi connectivity index (χ1) is 11.0. The van der Waals surface area contributed by atoms with E-state index in [4.69, 9.17) is 4.74 Å². The summed E-state index contributed by atoms with van der Waals surface area (Å²) >= 11 is 0. The second-order valence-electron chi connectivity index (χ2n) is 6.35. The highest BCUT2D eigenvalue weighted by molar-refractivity contribution is 5.90. The topological polar surface area (TPSA) is 58.6 Å². The minimum atomic E-state index is -0.822. The molecular weight excluding hydrogens is 292 g/mol. The molecule has 1 saturated heterocycles. The Balaban J connectivity index is 1.99. The Labute approximate surface area is 138 Å². The second-order valence-corrected chi connectivity index (χ2v) is 6.35. The maximum absolute atomic E-state index is 12.6. The van der Waals surface area contributed by atoms with E-state index in [2.05, 4.69) is 5.32 Å². The van der Waals surface area contributed by atoms with Gasteiger partial charge in [-0.2, -0.15) is 0 Å². The van der Waals surface area contributed by atoms with Gasteiger partial charge in [0.1, 0.15) is 12.1 Å². The van der Waals surface area contributed by atoms with E-state index in [9.17, 15) is 9.59 Å². The first-order valence-corrected chi connectivity index (χ1v) is 8.26. The monoisotopic (exact) mass is 318 g/mol. The molecule has 5 nitrogen and oxygen atoms in total. The summed E-state index contributed by atoms with van der Waals surface area (Å²) in [7, 11) is 0. The van der Waals surface area contributed by atoms with Gasteiger partial charge in [-0.15, -0.1) is 0 Å². The van der Waals surface area contributed by atoms with Crippen LogP contribution in [0.4, 0.5) is 4.79 Å².